The number of nitrogens with zero attached hydrogens (tertiary/aromatic N) is 4. The van der Waals surface area contributed by atoms with Gasteiger partial charge in [0.25, 0.3) is 6.71 Å². The Hall–Kier alpha value is -6.41. The van der Waals surface area contributed by atoms with Crippen LogP contribution in [-0.2, 0) is 21.7 Å². The lowest BCUT2D eigenvalue weighted by Gasteiger charge is -2.48. The SMILES string of the molecule is CC(C)c1cccc(C(C)C)c1-n1c(-c2ccc(-c3cc4c5c(c3)N3c6ccc(C(C)(C)C)cc6Sc6cc(C(C)(C)C)cc(c63)B5c3cc(C(C)(C)C)cc5c3N4c3ccc(C(C)(C)C)cc3S5)cc2)nc2ccccc21. The number of para-hydroxylation sites is 3. The Kier molecular flexibility index (Phi) is 11.5. The Balaban J connectivity index is 1.09. The van der Waals surface area contributed by atoms with Gasteiger partial charge in [0.05, 0.1) is 39.5 Å². The van der Waals surface area contributed by atoms with Crippen molar-refractivity contribution in [3.05, 3.63) is 173 Å². The topological polar surface area (TPSA) is 24.3 Å². The second-order valence-electron chi connectivity index (χ2n) is 27.4. The van der Waals surface area contributed by atoms with Crippen molar-refractivity contribution in [3.63, 3.8) is 0 Å². The summed E-state index contributed by atoms with van der Waals surface area (Å²) < 4.78 is 2.45. The lowest BCUT2D eigenvalue weighted by Crippen LogP contribution is -2.62. The highest BCUT2D eigenvalue weighted by molar-refractivity contribution is 8.00. The first-order valence-corrected chi connectivity index (χ1v) is 30.0. The average Bonchev–Trinajstić information content (AvgIpc) is 3.36. The van der Waals surface area contributed by atoms with Crippen LogP contribution in [0.3, 0.4) is 0 Å². The summed E-state index contributed by atoms with van der Waals surface area (Å²) in [6.45, 7) is 37.5. The molecule has 0 radical (unpaired) electrons. The standard InChI is InChI=1S/C71H73BN4S2/c1-40(2)49-20-19-21-50(41(3)4)64(49)76-54-23-18-17-22-53(54)73-67(76)43-26-24-42(25-27-43)44-32-57-63-58(33-44)75-56-31-29-46(69(8,9)10)37-60(56)78-62-39-48(71(14,15)16)35-52(66(62)75)72(63)51-34-47(70(11,12)13)38-61-65(51)74(57)55-30-28-45(68(5,6)7)36-59(55)77-61/h17-41H,1-16H3. The van der Waals surface area contributed by atoms with Gasteiger partial charge in [-0.05, 0) is 155 Å². The zero-order valence-corrected chi connectivity index (χ0v) is 50.2. The number of benzene rings is 8. The second kappa shape index (κ2) is 17.5. The highest BCUT2D eigenvalue weighted by Gasteiger charge is 2.49. The molecule has 0 aliphatic carbocycles. The van der Waals surface area contributed by atoms with Gasteiger partial charge in [-0.3, -0.25) is 4.57 Å². The Morgan fingerprint density at radius 3 is 1.32 bits per heavy atom. The first-order chi connectivity index (χ1) is 36.8. The van der Waals surface area contributed by atoms with Gasteiger partial charge in [-0.15, -0.1) is 0 Å². The zero-order chi connectivity index (χ0) is 54.9. The van der Waals surface area contributed by atoms with Crippen LogP contribution in [0.1, 0.15) is 156 Å². The molecule has 1 aromatic heterocycles. The Bertz CT molecular complexity index is 3790. The summed E-state index contributed by atoms with van der Waals surface area (Å²) >= 11 is 3.93. The van der Waals surface area contributed by atoms with Crippen LogP contribution in [0.25, 0.3) is 39.2 Å². The van der Waals surface area contributed by atoms with Gasteiger partial charge in [-0.1, -0.05) is 213 Å². The molecule has 0 N–H and O–H groups in total. The first-order valence-electron chi connectivity index (χ1n) is 28.4. The molecule has 0 spiro atoms. The summed E-state index contributed by atoms with van der Waals surface area (Å²) in [6.07, 6.45) is 0. The van der Waals surface area contributed by atoms with Gasteiger partial charge < -0.3 is 9.80 Å². The van der Waals surface area contributed by atoms with Crippen molar-refractivity contribution in [2.45, 2.75) is 164 Å². The van der Waals surface area contributed by atoms with E-state index in [0.29, 0.717) is 11.8 Å². The van der Waals surface area contributed by atoms with Gasteiger partial charge in [-0.25, -0.2) is 4.98 Å². The maximum Gasteiger partial charge on any atom is 0.252 e. The minimum absolute atomic E-state index is 0.00360. The van der Waals surface area contributed by atoms with Gasteiger partial charge in [0.15, 0.2) is 0 Å². The van der Waals surface area contributed by atoms with E-state index in [1.54, 1.807) is 0 Å². The molecule has 4 nitrogen and oxygen atoms in total. The van der Waals surface area contributed by atoms with Crippen LogP contribution in [0.4, 0.5) is 34.1 Å². The van der Waals surface area contributed by atoms with Gasteiger partial charge in [0.2, 0.25) is 0 Å². The number of rotatable bonds is 5. The van der Waals surface area contributed by atoms with Gasteiger partial charge >= 0.3 is 0 Å². The van der Waals surface area contributed by atoms with Crippen molar-refractivity contribution in [2.24, 2.45) is 0 Å². The molecule has 0 fully saturated rings. The zero-order valence-electron chi connectivity index (χ0n) is 48.6. The van der Waals surface area contributed by atoms with E-state index in [0.717, 1.165) is 22.4 Å². The summed E-state index contributed by atoms with van der Waals surface area (Å²) in [5, 5.41) is 0. The van der Waals surface area contributed by atoms with E-state index in [2.05, 4.69) is 265 Å². The van der Waals surface area contributed by atoms with E-state index in [9.17, 15) is 0 Å². The number of hydrogen-bond donors (Lipinski definition) is 0. The smallest absolute Gasteiger partial charge is 0.252 e. The van der Waals surface area contributed by atoms with E-state index >= 15 is 0 Å². The van der Waals surface area contributed by atoms with Crippen molar-refractivity contribution in [1.29, 1.82) is 0 Å². The number of fused-ring (bicyclic) bond motifs is 9. The van der Waals surface area contributed by atoms with Crippen molar-refractivity contribution >= 4 is 91.8 Å². The van der Waals surface area contributed by atoms with Gasteiger partial charge in [0, 0.05) is 36.5 Å². The third kappa shape index (κ3) is 7.98. The minimum Gasteiger partial charge on any atom is -0.309 e. The molecule has 9 aromatic rings. The normalized spacial score (nSPS) is 14.5. The summed E-state index contributed by atoms with van der Waals surface area (Å²) in [4.78, 5) is 16.1. The molecule has 0 amide bonds. The summed E-state index contributed by atoms with van der Waals surface area (Å²) in [5.74, 6) is 1.64. The van der Waals surface area contributed by atoms with Crippen LogP contribution in [0.15, 0.2) is 159 Å². The van der Waals surface area contributed by atoms with Crippen molar-refractivity contribution in [3.8, 4) is 28.2 Å². The predicted octanol–water partition coefficient (Wildman–Crippen LogP) is 18.8. The number of aromatic nitrogens is 2. The molecule has 0 bridgehead atoms. The highest BCUT2D eigenvalue weighted by Crippen LogP contribution is 2.59. The van der Waals surface area contributed by atoms with E-state index in [4.69, 9.17) is 4.98 Å². The van der Waals surface area contributed by atoms with E-state index in [-0.39, 0.29) is 28.4 Å². The molecule has 4 aliphatic rings. The van der Waals surface area contributed by atoms with Crippen molar-refractivity contribution in [1.82, 2.24) is 9.55 Å². The molecule has 0 saturated carbocycles. The summed E-state index contributed by atoms with van der Waals surface area (Å²) in [5.41, 5.74) is 26.7. The monoisotopic (exact) mass is 1060 g/mol. The molecule has 8 aromatic carbocycles. The van der Waals surface area contributed by atoms with Crippen LogP contribution in [0, 0.1) is 0 Å². The van der Waals surface area contributed by atoms with Crippen LogP contribution in [0.2, 0.25) is 0 Å². The molecule has 7 heteroatoms. The summed E-state index contributed by atoms with van der Waals surface area (Å²) in [6, 6.07) is 54.7. The minimum atomic E-state index is -0.0606. The molecule has 4 aliphatic heterocycles. The van der Waals surface area contributed by atoms with Crippen LogP contribution < -0.4 is 26.2 Å². The Morgan fingerprint density at radius 1 is 0.410 bits per heavy atom. The van der Waals surface area contributed by atoms with Gasteiger partial charge in [0.1, 0.15) is 5.82 Å². The number of anilines is 6. The molecule has 0 unspecified atom stereocenters. The summed E-state index contributed by atoms with van der Waals surface area (Å²) in [7, 11) is 0. The Morgan fingerprint density at radius 2 is 0.859 bits per heavy atom. The third-order valence-corrected chi connectivity index (χ3v) is 19.2. The van der Waals surface area contributed by atoms with Crippen LogP contribution in [0.5, 0.6) is 0 Å². The lowest BCUT2D eigenvalue weighted by molar-refractivity contribution is 0.588. The first kappa shape index (κ1) is 51.1. The lowest BCUT2D eigenvalue weighted by atomic mass is 9.33. The fraction of sp³-hybridized carbons (Fsp3) is 0.310. The molecule has 0 atom stereocenters. The average molecular weight is 1060 g/mol. The van der Waals surface area contributed by atoms with E-state index in [1.807, 2.05) is 23.5 Å². The molecular formula is C71H73BN4S2. The second-order valence-corrected chi connectivity index (χ2v) is 29.5. The van der Waals surface area contributed by atoms with E-state index < -0.39 is 0 Å². The maximum atomic E-state index is 5.45. The molecule has 5 heterocycles. The third-order valence-electron chi connectivity index (χ3n) is 17.1. The molecule has 13 rings (SSSR count). The maximum absolute atomic E-state index is 5.45. The number of imidazole rings is 1. The molecular weight excluding hydrogens is 984 g/mol. The van der Waals surface area contributed by atoms with Gasteiger partial charge in [-0.2, -0.15) is 0 Å². The largest absolute Gasteiger partial charge is 0.309 e. The predicted molar refractivity (Wildman–Crippen MR) is 337 cm³/mol. The molecule has 392 valence electrons. The molecule has 0 saturated heterocycles. The van der Waals surface area contributed by atoms with Crippen LogP contribution >= 0.6 is 23.5 Å². The molecule has 78 heavy (non-hydrogen) atoms. The Labute approximate surface area is 473 Å². The fourth-order valence-electron chi connectivity index (χ4n) is 12.6. The van der Waals surface area contributed by atoms with Crippen molar-refractivity contribution in [2.75, 3.05) is 9.80 Å². The quantitative estimate of drug-likeness (QED) is 0.160. The van der Waals surface area contributed by atoms with E-state index in [1.165, 1.54) is 120 Å². The number of hydrogen-bond acceptors (Lipinski definition) is 5. The fourth-order valence-corrected chi connectivity index (χ4v) is 15.0. The van der Waals surface area contributed by atoms with Crippen LogP contribution in [-0.4, -0.2) is 16.3 Å². The highest BCUT2D eigenvalue weighted by atomic mass is 32.2. The van der Waals surface area contributed by atoms with Crippen molar-refractivity contribution < 1.29 is 0 Å².